The third-order valence-corrected chi connectivity index (χ3v) is 4.43. The quantitative estimate of drug-likeness (QED) is 0.822. The van der Waals surface area contributed by atoms with E-state index in [0.29, 0.717) is 41.8 Å². The molecular weight excluding hydrogens is 393 g/mol. The molecule has 7 nitrogen and oxygen atoms in total. The molecule has 27 heavy (non-hydrogen) atoms. The van der Waals surface area contributed by atoms with Crippen LogP contribution in [0.5, 0.6) is 0 Å². The van der Waals surface area contributed by atoms with Crippen LogP contribution in [0.2, 0.25) is 10.0 Å². The standard InChI is InChI=1S/C18H23Cl2N3O4/c1-18(2,3)27-17(26)21-11-15(24)22-6-8-23(9-7-22)16(25)13-10-12(19)4-5-14(13)20/h4-5,10H,6-9,11H2,1-3H3,(H,21,26). The van der Waals surface area contributed by atoms with Gasteiger partial charge in [-0.15, -0.1) is 0 Å². The Morgan fingerprint density at radius 1 is 1.07 bits per heavy atom. The number of halogens is 2. The lowest BCUT2D eigenvalue weighted by Gasteiger charge is -2.35. The molecular formula is C18H23Cl2N3O4. The number of carbonyl (C=O) groups excluding carboxylic acids is 3. The van der Waals surface area contributed by atoms with Gasteiger partial charge in [-0.2, -0.15) is 0 Å². The average molecular weight is 416 g/mol. The molecule has 1 aromatic carbocycles. The van der Waals surface area contributed by atoms with Crippen molar-refractivity contribution >= 4 is 41.1 Å². The summed E-state index contributed by atoms with van der Waals surface area (Å²) in [5.41, 5.74) is -0.281. The number of piperazine rings is 1. The van der Waals surface area contributed by atoms with Gasteiger partial charge in [0.1, 0.15) is 12.1 Å². The van der Waals surface area contributed by atoms with E-state index in [0.717, 1.165) is 0 Å². The summed E-state index contributed by atoms with van der Waals surface area (Å²) in [7, 11) is 0. The maximum Gasteiger partial charge on any atom is 0.408 e. The minimum Gasteiger partial charge on any atom is -0.444 e. The zero-order valence-corrected chi connectivity index (χ0v) is 17.1. The van der Waals surface area contributed by atoms with Crippen LogP contribution in [-0.4, -0.2) is 66.0 Å². The van der Waals surface area contributed by atoms with E-state index in [1.54, 1.807) is 42.7 Å². The van der Waals surface area contributed by atoms with E-state index in [2.05, 4.69) is 5.32 Å². The molecule has 1 aliphatic heterocycles. The molecule has 9 heteroatoms. The Hall–Kier alpha value is -1.99. The van der Waals surface area contributed by atoms with Gasteiger partial charge < -0.3 is 19.9 Å². The summed E-state index contributed by atoms with van der Waals surface area (Å²) in [5.74, 6) is -0.449. The molecule has 1 aromatic rings. The highest BCUT2D eigenvalue weighted by Gasteiger charge is 2.26. The smallest absolute Gasteiger partial charge is 0.408 e. The third-order valence-electron chi connectivity index (χ3n) is 3.86. The van der Waals surface area contributed by atoms with Crippen molar-refractivity contribution in [2.75, 3.05) is 32.7 Å². The van der Waals surface area contributed by atoms with Crippen LogP contribution >= 0.6 is 23.2 Å². The number of carbonyl (C=O) groups is 3. The van der Waals surface area contributed by atoms with Crippen molar-refractivity contribution in [1.82, 2.24) is 15.1 Å². The van der Waals surface area contributed by atoms with Crippen molar-refractivity contribution in [2.24, 2.45) is 0 Å². The molecule has 3 amide bonds. The average Bonchev–Trinajstić information content (AvgIpc) is 2.60. The fourth-order valence-corrected chi connectivity index (χ4v) is 2.93. The monoisotopic (exact) mass is 415 g/mol. The topological polar surface area (TPSA) is 79.0 Å². The van der Waals surface area contributed by atoms with Crippen LogP contribution in [0.25, 0.3) is 0 Å². The van der Waals surface area contributed by atoms with Crippen molar-refractivity contribution in [3.63, 3.8) is 0 Å². The van der Waals surface area contributed by atoms with E-state index >= 15 is 0 Å². The maximum atomic E-state index is 12.6. The van der Waals surface area contributed by atoms with Gasteiger partial charge in [-0.25, -0.2) is 4.79 Å². The van der Waals surface area contributed by atoms with Crippen molar-refractivity contribution in [1.29, 1.82) is 0 Å². The lowest BCUT2D eigenvalue weighted by atomic mass is 10.1. The highest BCUT2D eigenvalue weighted by molar-refractivity contribution is 6.35. The Balaban J connectivity index is 1.84. The van der Waals surface area contributed by atoms with E-state index in [9.17, 15) is 14.4 Å². The van der Waals surface area contributed by atoms with E-state index < -0.39 is 11.7 Å². The van der Waals surface area contributed by atoms with Crippen LogP contribution in [0.15, 0.2) is 18.2 Å². The van der Waals surface area contributed by atoms with Gasteiger partial charge in [0.05, 0.1) is 10.6 Å². The third kappa shape index (κ3) is 6.29. The van der Waals surface area contributed by atoms with Gasteiger partial charge in [0.25, 0.3) is 5.91 Å². The molecule has 148 valence electrons. The lowest BCUT2D eigenvalue weighted by Crippen LogP contribution is -2.52. The van der Waals surface area contributed by atoms with Crippen molar-refractivity contribution in [2.45, 2.75) is 26.4 Å². The van der Waals surface area contributed by atoms with E-state index in [1.165, 1.54) is 6.07 Å². The molecule has 1 fully saturated rings. The highest BCUT2D eigenvalue weighted by atomic mass is 35.5. The second-order valence-electron chi connectivity index (χ2n) is 7.15. The second-order valence-corrected chi connectivity index (χ2v) is 8.00. The first-order valence-electron chi connectivity index (χ1n) is 8.56. The molecule has 0 aliphatic carbocycles. The molecule has 0 atom stereocenters. The Morgan fingerprint density at radius 3 is 2.26 bits per heavy atom. The molecule has 1 heterocycles. The summed E-state index contributed by atoms with van der Waals surface area (Å²) in [4.78, 5) is 39.7. The molecule has 0 spiro atoms. The van der Waals surface area contributed by atoms with Crippen LogP contribution in [0.1, 0.15) is 31.1 Å². The number of rotatable bonds is 3. The highest BCUT2D eigenvalue weighted by Crippen LogP contribution is 2.22. The minimum atomic E-state index is -0.639. The zero-order valence-electron chi connectivity index (χ0n) is 15.6. The summed E-state index contributed by atoms with van der Waals surface area (Å²) >= 11 is 12.0. The van der Waals surface area contributed by atoms with Gasteiger partial charge >= 0.3 is 6.09 Å². The molecule has 1 aliphatic rings. The van der Waals surface area contributed by atoms with E-state index in [4.69, 9.17) is 27.9 Å². The predicted molar refractivity (Wildman–Crippen MR) is 103 cm³/mol. The summed E-state index contributed by atoms with van der Waals surface area (Å²) < 4.78 is 5.10. The van der Waals surface area contributed by atoms with Gasteiger partial charge in [-0.05, 0) is 39.0 Å². The van der Waals surface area contributed by atoms with Crippen molar-refractivity contribution in [3.8, 4) is 0 Å². The van der Waals surface area contributed by atoms with Gasteiger partial charge in [-0.3, -0.25) is 9.59 Å². The number of nitrogens with one attached hydrogen (secondary N) is 1. The molecule has 2 rings (SSSR count). The minimum absolute atomic E-state index is 0.150. The van der Waals surface area contributed by atoms with Gasteiger partial charge in [-0.1, -0.05) is 23.2 Å². The van der Waals surface area contributed by atoms with Crippen LogP contribution in [0.4, 0.5) is 4.79 Å². The number of ether oxygens (including phenoxy) is 1. The van der Waals surface area contributed by atoms with Gasteiger partial charge in [0.2, 0.25) is 5.91 Å². The molecule has 0 unspecified atom stereocenters. The number of alkyl carbamates (subject to hydrolysis) is 1. The van der Waals surface area contributed by atoms with Crippen LogP contribution < -0.4 is 5.32 Å². The van der Waals surface area contributed by atoms with Crippen LogP contribution in [-0.2, 0) is 9.53 Å². The van der Waals surface area contributed by atoms with Crippen LogP contribution in [0.3, 0.4) is 0 Å². The number of amides is 3. The number of benzene rings is 1. The summed E-state index contributed by atoms with van der Waals surface area (Å²) in [6.45, 7) is 6.59. The fraction of sp³-hybridized carbons (Fsp3) is 0.500. The first kappa shape index (κ1) is 21.3. The maximum absolute atomic E-state index is 12.6. The molecule has 0 radical (unpaired) electrons. The first-order chi connectivity index (χ1) is 12.6. The number of hydrogen-bond donors (Lipinski definition) is 1. The largest absolute Gasteiger partial charge is 0.444 e. The molecule has 1 saturated heterocycles. The predicted octanol–water partition coefficient (Wildman–Crippen LogP) is 2.80. The zero-order chi connectivity index (χ0) is 20.2. The SMILES string of the molecule is CC(C)(C)OC(=O)NCC(=O)N1CCN(C(=O)c2cc(Cl)ccc2Cl)CC1. The molecule has 0 bridgehead atoms. The van der Waals surface area contributed by atoms with Gasteiger partial charge in [0.15, 0.2) is 0 Å². The number of hydrogen-bond acceptors (Lipinski definition) is 4. The Bertz CT molecular complexity index is 726. The van der Waals surface area contributed by atoms with Crippen molar-refractivity contribution in [3.05, 3.63) is 33.8 Å². The normalized spacial score (nSPS) is 14.7. The summed E-state index contributed by atoms with van der Waals surface area (Å²) in [6.07, 6.45) is -0.639. The first-order valence-corrected chi connectivity index (χ1v) is 9.31. The van der Waals surface area contributed by atoms with Gasteiger partial charge in [0, 0.05) is 31.2 Å². The number of nitrogens with zero attached hydrogens (tertiary/aromatic N) is 2. The van der Waals surface area contributed by atoms with Crippen molar-refractivity contribution < 1.29 is 19.1 Å². The van der Waals surface area contributed by atoms with E-state index in [-0.39, 0.29) is 18.4 Å². The Kier molecular flexibility index (Phi) is 6.95. The Labute approximate surface area is 168 Å². The fourth-order valence-electron chi connectivity index (χ4n) is 2.56. The summed E-state index contributed by atoms with van der Waals surface area (Å²) in [5, 5.41) is 3.22. The lowest BCUT2D eigenvalue weighted by molar-refractivity contribution is -0.131. The molecule has 1 N–H and O–H groups in total. The van der Waals surface area contributed by atoms with Crippen LogP contribution in [0, 0.1) is 0 Å². The molecule has 0 saturated carbocycles. The second kappa shape index (κ2) is 8.80. The molecule has 0 aromatic heterocycles. The van der Waals surface area contributed by atoms with E-state index in [1.807, 2.05) is 0 Å². The summed E-state index contributed by atoms with van der Waals surface area (Å²) in [6, 6.07) is 4.74. The Morgan fingerprint density at radius 2 is 1.67 bits per heavy atom.